The van der Waals surface area contributed by atoms with Gasteiger partial charge in [0.25, 0.3) is 0 Å². The molecule has 5 heteroatoms. The first-order valence-corrected chi connectivity index (χ1v) is 5.65. The number of carboxylic acids is 1. The van der Waals surface area contributed by atoms with Crippen LogP contribution in [0.2, 0.25) is 0 Å². The first-order chi connectivity index (χ1) is 7.97. The Labute approximate surface area is 101 Å². The first kappa shape index (κ1) is 13.6. The van der Waals surface area contributed by atoms with Crippen LogP contribution in [0.5, 0.6) is 0 Å². The zero-order chi connectivity index (χ0) is 13.0. The average molecular weight is 238 g/mol. The fourth-order valence-corrected chi connectivity index (χ4v) is 1.58. The maximum Gasteiger partial charge on any atom is 0.339 e. The molecule has 0 aliphatic heterocycles. The lowest BCUT2D eigenvalue weighted by molar-refractivity contribution is 0.0230. The molecule has 0 spiro atoms. The highest BCUT2D eigenvalue weighted by Crippen LogP contribution is 2.23. The smallest absolute Gasteiger partial charge is 0.339 e. The van der Waals surface area contributed by atoms with Crippen LogP contribution >= 0.6 is 0 Å². The minimum absolute atomic E-state index is 0.132. The highest BCUT2D eigenvalue weighted by Gasteiger charge is 2.20. The van der Waals surface area contributed by atoms with Crippen LogP contribution in [-0.2, 0) is 4.74 Å². The number of hydrogen-bond donors (Lipinski definition) is 1. The van der Waals surface area contributed by atoms with E-state index in [0.717, 1.165) is 0 Å². The van der Waals surface area contributed by atoms with Crippen molar-refractivity contribution in [2.75, 3.05) is 6.61 Å². The molecule has 0 fully saturated rings. The summed E-state index contributed by atoms with van der Waals surface area (Å²) in [4.78, 5) is 19.2. The lowest BCUT2D eigenvalue weighted by Crippen LogP contribution is -2.16. The molecule has 0 aliphatic carbocycles. The Kier molecular flexibility index (Phi) is 4.57. The molecule has 0 bridgehead atoms. The lowest BCUT2D eigenvalue weighted by atomic mass is 10.1. The van der Waals surface area contributed by atoms with E-state index in [0.29, 0.717) is 18.1 Å². The maximum absolute atomic E-state index is 10.9. The third-order valence-corrected chi connectivity index (χ3v) is 2.43. The molecular formula is C12H18N2O3. The molecule has 5 nitrogen and oxygen atoms in total. The molecule has 17 heavy (non-hydrogen) atoms. The fourth-order valence-electron chi connectivity index (χ4n) is 1.58. The predicted molar refractivity (Wildman–Crippen MR) is 62.9 cm³/mol. The van der Waals surface area contributed by atoms with Gasteiger partial charge in [0.2, 0.25) is 0 Å². The largest absolute Gasteiger partial charge is 0.478 e. The van der Waals surface area contributed by atoms with Crippen molar-refractivity contribution in [2.24, 2.45) is 5.92 Å². The highest BCUT2D eigenvalue weighted by atomic mass is 16.5. The van der Waals surface area contributed by atoms with E-state index in [-0.39, 0.29) is 17.6 Å². The minimum atomic E-state index is -1.01. The van der Waals surface area contributed by atoms with Crippen LogP contribution in [0.4, 0.5) is 0 Å². The number of carbonyl (C=O) groups is 1. The molecule has 1 aromatic heterocycles. The number of rotatable bonds is 5. The zero-order valence-electron chi connectivity index (χ0n) is 10.6. The SMILES string of the molecule is CCOC(c1ncc(C(=O)O)c(C)n1)C(C)C. The molecular weight excluding hydrogens is 220 g/mol. The molecule has 0 radical (unpaired) electrons. The Hall–Kier alpha value is -1.49. The van der Waals surface area contributed by atoms with Gasteiger partial charge in [0.05, 0.1) is 11.3 Å². The second kappa shape index (κ2) is 5.72. The topological polar surface area (TPSA) is 72.3 Å². The van der Waals surface area contributed by atoms with Crippen LogP contribution in [-0.4, -0.2) is 27.7 Å². The van der Waals surface area contributed by atoms with E-state index >= 15 is 0 Å². The third-order valence-electron chi connectivity index (χ3n) is 2.43. The molecule has 1 heterocycles. The van der Waals surface area contributed by atoms with Crippen molar-refractivity contribution in [1.82, 2.24) is 9.97 Å². The molecule has 1 aromatic rings. The van der Waals surface area contributed by atoms with Crippen LogP contribution in [0.1, 0.15) is 48.8 Å². The standard InChI is InChI=1S/C12H18N2O3/c1-5-17-10(7(2)3)11-13-6-9(12(15)16)8(4)14-11/h6-7,10H,5H2,1-4H3,(H,15,16). The second-order valence-electron chi connectivity index (χ2n) is 4.15. The van der Waals surface area contributed by atoms with E-state index in [4.69, 9.17) is 9.84 Å². The van der Waals surface area contributed by atoms with Gasteiger partial charge >= 0.3 is 5.97 Å². The van der Waals surface area contributed by atoms with Gasteiger partial charge < -0.3 is 9.84 Å². The summed E-state index contributed by atoms with van der Waals surface area (Å²) in [7, 11) is 0. The van der Waals surface area contributed by atoms with Crippen molar-refractivity contribution < 1.29 is 14.6 Å². The van der Waals surface area contributed by atoms with Crippen molar-refractivity contribution >= 4 is 5.97 Å². The monoisotopic (exact) mass is 238 g/mol. The quantitative estimate of drug-likeness (QED) is 0.851. The van der Waals surface area contributed by atoms with Crippen molar-refractivity contribution in [3.63, 3.8) is 0 Å². The van der Waals surface area contributed by atoms with Crippen LogP contribution < -0.4 is 0 Å². The number of aromatic carboxylic acids is 1. The van der Waals surface area contributed by atoms with Gasteiger partial charge in [-0.25, -0.2) is 14.8 Å². The summed E-state index contributed by atoms with van der Waals surface area (Å²) in [6.07, 6.45) is 1.15. The lowest BCUT2D eigenvalue weighted by Gasteiger charge is -2.19. The van der Waals surface area contributed by atoms with Gasteiger partial charge in [0, 0.05) is 12.8 Å². The van der Waals surface area contributed by atoms with Gasteiger partial charge in [-0.1, -0.05) is 13.8 Å². The summed E-state index contributed by atoms with van der Waals surface area (Å²) in [6.45, 7) is 8.19. The third kappa shape index (κ3) is 3.23. The molecule has 94 valence electrons. The van der Waals surface area contributed by atoms with Crippen LogP contribution in [0.25, 0.3) is 0 Å². The summed E-state index contributed by atoms with van der Waals surface area (Å²) < 4.78 is 5.57. The Morgan fingerprint density at radius 1 is 1.53 bits per heavy atom. The van der Waals surface area contributed by atoms with E-state index < -0.39 is 5.97 Å². The maximum atomic E-state index is 10.9. The Bertz CT molecular complexity index is 405. The molecule has 1 N–H and O–H groups in total. The van der Waals surface area contributed by atoms with Crippen LogP contribution in [0.15, 0.2) is 6.20 Å². The Morgan fingerprint density at radius 2 is 2.18 bits per heavy atom. The van der Waals surface area contributed by atoms with Crippen molar-refractivity contribution in [3.8, 4) is 0 Å². The van der Waals surface area contributed by atoms with Crippen LogP contribution in [0.3, 0.4) is 0 Å². The molecule has 0 amide bonds. The minimum Gasteiger partial charge on any atom is -0.478 e. The number of nitrogens with zero attached hydrogens (tertiary/aromatic N) is 2. The Balaban J connectivity index is 3.06. The molecule has 1 atom stereocenters. The van der Waals surface area contributed by atoms with Gasteiger partial charge in [-0.2, -0.15) is 0 Å². The highest BCUT2D eigenvalue weighted by molar-refractivity contribution is 5.88. The summed E-state index contributed by atoms with van der Waals surface area (Å²) in [6, 6.07) is 0. The fraction of sp³-hybridized carbons (Fsp3) is 0.583. The van der Waals surface area contributed by atoms with Gasteiger partial charge in [-0.05, 0) is 19.8 Å². The summed E-state index contributed by atoms with van der Waals surface area (Å²) in [5.41, 5.74) is 0.598. The average Bonchev–Trinajstić information content (AvgIpc) is 2.24. The van der Waals surface area contributed by atoms with E-state index in [1.807, 2.05) is 20.8 Å². The number of hydrogen-bond acceptors (Lipinski definition) is 4. The van der Waals surface area contributed by atoms with Crippen LogP contribution in [0, 0.1) is 12.8 Å². The number of carboxylic acid groups (broad SMARTS) is 1. The predicted octanol–water partition coefficient (Wildman–Crippen LogP) is 2.22. The Morgan fingerprint density at radius 3 is 2.59 bits per heavy atom. The zero-order valence-corrected chi connectivity index (χ0v) is 10.6. The normalized spacial score (nSPS) is 12.8. The van der Waals surface area contributed by atoms with E-state index in [1.165, 1.54) is 6.20 Å². The second-order valence-corrected chi connectivity index (χ2v) is 4.15. The van der Waals surface area contributed by atoms with Crippen molar-refractivity contribution in [2.45, 2.75) is 33.8 Å². The van der Waals surface area contributed by atoms with E-state index in [1.54, 1.807) is 6.92 Å². The molecule has 0 aromatic carbocycles. The molecule has 0 aliphatic rings. The van der Waals surface area contributed by atoms with Gasteiger partial charge in [-0.15, -0.1) is 0 Å². The van der Waals surface area contributed by atoms with Crippen molar-refractivity contribution in [1.29, 1.82) is 0 Å². The molecule has 1 rings (SSSR count). The van der Waals surface area contributed by atoms with Crippen molar-refractivity contribution in [3.05, 3.63) is 23.3 Å². The van der Waals surface area contributed by atoms with Gasteiger partial charge in [-0.3, -0.25) is 0 Å². The number of ether oxygens (including phenoxy) is 1. The summed E-state index contributed by atoms with van der Waals surface area (Å²) in [5, 5.41) is 8.90. The first-order valence-electron chi connectivity index (χ1n) is 5.65. The van der Waals surface area contributed by atoms with Gasteiger partial charge in [0.15, 0.2) is 5.82 Å². The van der Waals surface area contributed by atoms with E-state index in [9.17, 15) is 4.79 Å². The molecule has 0 saturated heterocycles. The molecule has 1 unspecified atom stereocenters. The van der Waals surface area contributed by atoms with E-state index in [2.05, 4.69) is 9.97 Å². The number of aromatic nitrogens is 2. The van der Waals surface area contributed by atoms with Gasteiger partial charge in [0.1, 0.15) is 6.10 Å². The molecule has 0 saturated carbocycles. The number of aryl methyl sites for hydroxylation is 1. The summed E-state index contributed by atoms with van der Waals surface area (Å²) in [5.74, 6) is -0.221. The summed E-state index contributed by atoms with van der Waals surface area (Å²) >= 11 is 0.